The highest BCUT2D eigenvalue weighted by atomic mass is 127. The third-order valence-corrected chi connectivity index (χ3v) is 3.36. The quantitative estimate of drug-likeness (QED) is 0.206. The van der Waals surface area contributed by atoms with Crippen LogP contribution in [0.5, 0.6) is 0 Å². The summed E-state index contributed by atoms with van der Waals surface area (Å²) in [5, 5.41) is 9.26. The molecule has 28 heavy (non-hydrogen) atoms. The van der Waals surface area contributed by atoms with E-state index < -0.39 is 11.7 Å². The van der Waals surface area contributed by atoms with E-state index in [1.807, 2.05) is 58.9 Å². The number of carbonyl (C=O) groups excluding carboxylic acids is 1. The molecule has 0 spiro atoms. The van der Waals surface area contributed by atoms with Gasteiger partial charge in [0.2, 0.25) is 0 Å². The molecule has 0 aliphatic heterocycles. The van der Waals surface area contributed by atoms with Gasteiger partial charge >= 0.3 is 6.09 Å². The van der Waals surface area contributed by atoms with E-state index in [-0.39, 0.29) is 24.0 Å². The number of benzene rings is 1. The molecule has 0 heterocycles. The molecule has 7 nitrogen and oxygen atoms in total. The molecule has 0 unspecified atom stereocenters. The number of amides is 1. The van der Waals surface area contributed by atoms with E-state index in [4.69, 9.17) is 9.47 Å². The number of nitrogens with one attached hydrogen (secondary N) is 3. The highest BCUT2D eigenvalue weighted by Crippen LogP contribution is 2.13. The van der Waals surface area contributed by atoms with E-state index in [0.717, 1.165) is 25.5 Å². The van der Waals surface area contributed by atoms with Crippen molar-refractivity contribution in [3.05, 3.63) is 29.8 Å². The van der Waals surface area contributed by atoms with Crippen LogP contribution < -0.4 is 16.0 Å². The van der Waals surface area contributed by atoms with Gasteiger partial charge in [0.05, 0.1) is 13.2 Å². The molecule has 3 N–H and O–H groups in total. The van der Waals surface area contributed by atoms with E-state index in [9.17, 15) is 4.79 Å². The second kappa shape index (κ2) is 14.4. The van der Waals surface area contributed by atoms with Gasteiger partial charge in [0.1, 0.15) is 5.60 Å². The molecule has 0 aromatic heterocycles. The fourth-order valence-electron chi connectivity index (χ4n) is 2.21. The first kappa shape index (κ1) is 26.4. The first-order chi connectivity index (χ1) is 12.8. The van der Waals surface area contributed by atoms with Crippen LogP contribution in [0.4, 0.5) is 10.5 Å². The van der Waals surface area contributed by atoms with Crippen LogP contribution in [0, 0.1) is 0 Å². The van der Waals surface area contributed by atoms with Gasteiger partial charge in [-0.25, -0.2) is 4.79 Å². The van der Waals surface area contributed by atoms with Crippen LogP contribution in [-0.2, 0) is 15.9 Å². The first-order valence-electron chi connectivity index (χ1n) is 9.53. The van der Waals surface area contributed by atoms with E-state index in [1.54, 1.807) is 0 Å². The van der Waals surface area contributed by atoms with Gasteiger partial charge in [-0.2, -0.15) is 0 Å². The van der Waals surface area contributed by atoms with Crippen LogP contribution in [-0.4, -0.2) is 50.5 Å². The Labute approximate surface area is 186 Å². The highest BCUT2D eigenvalue weighted by molar-refractivity contribution is 14.0. The summed E-state index contributed by atoms with van der Waals surface area (Å²) in [6.07, 6.45) is 0.401. The minimum Gasteiger partial charge on any atom is -0.444 e. The van der Waals surface area contributed by atoms with Gasteiger partial charge in [-0.05, 0) is 58.7 Å². The number of aliphatic imine (C=N–C) groups is 1. The SMILES string of the molecule is CCNC(=NCCOCC)NCCc1ccc(NC(=O)OC(C)(C)C)cc1.I. The lowest BCUT2D eigenvalue weighted by Crippen LogP contribution is -2.38. The number of halogens is 1. The maximum absolute atomic E-state index is 11.8. The van der Waals surface area contributed by atoms with E-state index >= 15 is 0 Å². The zero-order valence-electron chi connectivity index (χ0n) is 17.6. The van der Waals surface area contributed by atoms with Crippen LogP contribution in [0.3, 0.4) is 0 Å². The Balaban J connectivity index is 0.00000729. The topological polar surface area (TPSA) is 84.0 Å². The maximum atomic E-state index is 11.8. The number of carbonyl (C=O) groups is 1. The third kappa shape index (κ3) is 12.8. The molecular formula is C20H35IN4O3. The lowest BCUT2D eigenvalue weighted by molar-refractivity contribution is 0.0636. The molecule has 0 saturated carbocycles. The van der Waals surface area contributed by atoms with Gasteiger partial charge in [-0.1, -0.05) is 12.1 Å². The molecule has 0 atom stereocenters. The Hall–Kier alpha value is -1.55. The maximum Gasteiger partial charge on any atom is 0.412 e. The van der Waals surface area contributed by atoms with Crippen molar-refractivity contribution >= 4 is 41.7 Å². The number of guanidine groups is 1. The third-order valence-electron chi connectivity index (χ3n) is 3.36. The average Bonchev–Trinajstić information content (AvgIpc) is 2.58. The number of hydrogen-bond donors (Lipinski definition) is 3. The summed E-state index contributed by atoms with van der Waals surface area (Å²) in [6.45, 7) is 13.1. The van der Waals surface area contributed by atoms with Crippen molar-refractivity contribution in [2.75, 3.05) is 38.2 Å². The number of anilines is 1. The summed E-state index contributed by atoms with van der Waals surface area (Å²) in [6, 6.07) is 7.74. The van der Waals surface area contributed by atoms with Crippen molar-refractivity contribution in [2.24, 2.45) is 4.99 Å². The summed E-state index contributed by atoms with van der Waals surface area (Å²) in [4.78, 5) is 16.2. The molecule has 1 aromatic carbocycles. The zero-order chi connectivity index (χ0) is 20.1. The van der Waals surface area contributed by atoms with Crippen LogP contribution in [0.2, 0.25) is 0 Å². The summed E-state index contributed by atoms with van der Waals surface area (Å²) >= 11 is 0. The van der Waals surface area contributed by atoms with Crippen molar-refractivity contribution in [3.8, 4) is 0 Å². The standard InChI is InChI=1S/C20H34N4O3.HI/c1-6-21-18(23-14-15-26-7-2)22-13-12-16-8-10-17(11-9-16)24-19(25)27-20(3,4)5;/h8-11H,6-7,12-15H2,1-5H3,(H,24,25)(H2,21,22,23);1H. The van der Waals surface area contributed by atoms with Gasteiger partial charge in [0.25, 0.3) is 0 Å². The molecule has 0 radical (unpaired) electrons. The zero-order valence-corrected chi connectivity index (χ0v) is 20.0. The molecular weight excluding hydrogens is 471 g/mol. The Morgan fingerprint density at radius 1 is 1.11 bits per heavy atom. The van der Waals surface area contributed by atoms with Gasteiger partial charge in [0.15, 0.2) is 5.96 Å². The van der Waals surface area contributed by atoms with Gasteiger partial charge in [-0.15, -0.1) is 24.0 Å². The molecule has 0 bridgehead atoms. The summed E-state index contributed by atoms with van der Waals surface area (Å²) in [5.74, 6) is 0.792. The smallest absolute Gasteiger partial charge is 0.412 e. The molecule has 160 valence electrons. The Morgan fingerprint density at radius 3 is 2.36 bits per heavy atom. The molecule has 8 heteroatoms. The van der Waals surface area contributed by atoms with Gasteiger partial charge < -0.3 is 20.1 Å². The average molecular weight is 506 g/mol. The predicted octanol–water partition coefficient (Wildman–Crippen LogP) is 3.79. The van der Waals surface area contributed by atoms with Crippen molar-refractivity contribution < 1.29 is 14.3 Å². The molecule has 0 aliphatic carbocycles. The predicted molar refractivity (Wildman–Crippen MR) is 126 cm³/mol. The summed E-state index contributed by atoms with van der Waals surface area (Å²) in [5.41, 5.74) is 1.37. The van der Waals surface area contributed by atoms with Crippen LogP contribution in [0.1, 0.15) is 40.2 Å². The van der Waals surface area contributed by atoms with Gasteiger partial charge in [0, 0.05) is 25.4 Å². The lowest BCUT2D eigenvalue weighted by atomic mass is 10.1. The van der Waals surface area contributed by atoms with E-state index in [1.165, 1.54) is 5.56 Å². The number of rotatable bonds is 9. The minimum absolute atomic E-state index is 0. The Morgan fingerprint density at radius 2 is 1.79 bits per heavy atom. The number of nitrogens with zero attached hydrogens (tertiary/aromatic N) is 1. The fraction of sp³-hybridized carbons (Fsp3) is 0.600. The largest absolute Gasteiger partial charge is 0.444 e. The fourth-order valence-corrected chi connectivity index (χ4v) is 2.21. The highest BCUT2D eigenvalue weighted by Gasteiger charge is 2.16. The van der Waals surface area contributed by atoms with E-state index in [2.05, 4.69) is 20.9 Å². The molecule has 1 aromatic rings. The molecule has 0 aliphatic rings. The molecule has 0 fully saturated rings. The molecule has 1 amide bonds. The second-order valence-corrected chi connectivity index (χ2v) is 6.96. The van der Waals surface area contributed by atoms with Crippen molar-refractivity contribution in [1.29, 1.82) is 0 Å². The summed E-state index contributed by atoms with van der Waals surface area (Å²) in [7, 11) is 0. The normalized spacial score (nSPS) is 11.4. The van der Waals surface area contributed by atoms with Crippen LogP contribution >= 0.6 is 24.0 Å². The number of ether oxygens (including phenoxy) is 2. The lowest BCUT2D eigenvalue weighted by Gasteiger charge is -2.19. The molecule has 0 saturated heterocycles. The van der Waals surface area contributed by atoms with Crippen LogP contribution in [0.25, 0.3) is 0 Å². The van der Waals surface area contributed by atoms with Crippen molar-refractivity contribution in [2.45, 2.75) is 46.6 Å². The first-order valence-corrected chi connectivity index (χ1v) is 9.53. The summed E-state index contributed by atoms with van der Waals surface area (Å²) < 4.78 is 10.5. The van der Waals surface area contributed by atoms with Crippen LogP contribution in [0.15, 0.2) is 29.3 Å². The number of hydrogen-bond acceptors (Lipinski definition) is 4. The molecule has 1 rings (SSSR count). The minimum atomic E-state index is -0.510. The Bertz CT molecular complexity index is 586. The second-order valence-electron chi connectivity index (χ2n) is 6.96. The Kier molecular flexibility index (Phi) is 13.6. The monoisotopic (exact) mass is 506 g/mol. The van der Waals surface area contributed by atoms with Gasteiger partial charge in [-0.3, -0.25) is 10.3 Å². The van der Waals surface area contributed by atoms with Crippen molar-refractivity contribution in [1.82, 2.24) is 10.6 Å². The van der Waals surface area contributed by atoms with Crippen molar-refractivity contribution in [3.63, 3.8) is 0 Å². The van der Waals surface area contributed by atoms with E-state index in [0.29, 0.717) is 25.4 Å².